The summed E-state index contributed by atoms with van der Waals surface area (Å²) in [6.45, 7) is 6.49. The van der Waals surface area contributed by atoms with E-state index in [0.717, 1.165) is 41.6 Å². The van der Waals surface area contributed by atoms with Gasteiger partial charge in [-0.15, -0.1) is 11.3 Å². The SMILES string of the molecule is CCOc1ccc(CNC(=O)c2sc3ncnc(Nc4ccc(F)cc4OC4CCCNC4)c3c2C)cc1. The van der Waals surface area contributed by atoms with Crippen LogP contribution in [0.2, 0.25) is 0 Å². The van der Waals surface area contributed by atoms with E-state index in [9.17, 15) is 9.18 Å². The van der Waals surface area contributed by atoms with Gasteiger partial charge < -0.3 is 25.4 Å². The van der Waals surface area contributed by atoms with Gasteiger partial charge in [0.15, 0.2) is 0 Å². The van der Waals surface area contributed by atoms with Crippen LogP contribution in [-0.4, -0.2) is 41.7 Å². The summed E-state index contributed by atoms with van der Waals surface area (Å²) in [5.41, 5.74) is 2.35. The molecule has 2 aromatic carbocycles. The number of nitrogens with one attached hydrogen (secondary N) is 3. The van der Waals surface area contributed by atoms with Gasteiger partial charge in [-0.25, -0.2) is 14.4 Å². The summed E-state index contributed by atoms with van der Waals surface area (Å²) in [4.78, 5) is 23.2. The maximum Gasteiger partial charge on any atom is 0.261 e. The van der Waals surface area contributed by atoms with Crippen LogP contribution in [0.3, 0.4) is 0 Å². The molecule has 0 radical (unpaired) electrons. The zero-order valence-electron chi connectivity index (χ0n) is 21.3. The summed E-state index contributed by atoms with van der Waals surface area (Å²) in [7, 11) is 0. The van der Waals surface area contributed by atoms with Crippen molar-refractivity contribution in [2.24, 2.45) is 0 Å². The van der Waals surface area contributed by atoms with Gasteiger partial charge in [-0.3, -0.25) is 4.79 Å². The molecule has 3 N–H and O–H groups in total. The summed E-state index contributed by atoms with van der Waals surface area (Å²) in [5, 5.41) is 10.4. The van der Waals surface area contributed by atoms with E-state index >= 15 is 0 Å². The normalized spacial score (nSPS) is 15.3. The summed E-state index contributed by atoms with van der Waals surface area (Å²) in [5.74, 6) is 1.20. The van der Waals surface area contributed by atoms with Gasteiger partial charge >= 0.3 is 0 Å². The minimum Gasteiger partial charge on any atom is -0.494 e. The van der Waals surface area contributed by atoms with Gasteiger partial charge in [-0.2, -0.15) is 0 Å². The van der Waals surface area contributed by atoms with Crippen LogP contribution in [0, 0.1) is 12.7 Å². The highest BCUT2D eigenvalue weighted by molar-refractivity contribution is 7.20. The third-order valence-corrected chi connectivity index (χ3v) is 7.56. The number of carbonyl (C=O) groups excluding carboxylic acids is 1. The number of thiophene rings is 1. The van der Waals surface area contributed by atoms with Crippen molar-refractivity contribution in [3.05, 3.63) is 70.6 Å². The van der Waals surface area contributed by atoms with Gasteiger partial charge in [-0.1, -0.05) is 12.1 Å². The number of fused-ring (bicyclic) bond motifs is 1. The first-order chi connectivity index (χ1) is 18.5. The minimum atomic E-state index is -0.375. The summed E-state index contributed by atoms with van der Waals surface area (Å²) < 4.78 is 25.7. The van der Waals surface area contributed by atoms with Gasteiger partial charge in [0.05, 0.1) is 22.6 Å². The van der Waals surface area contributed by atoms with Crippen molar-refractivity contribution in [3.8, 4) is 11.5 Å². The lowest BCUT2D eigenvalue weighted by atomic mass is 10.1. The molecule has 38 heavy (non-hydrogen) atoms. The molecular formula is C28H30FN5O3S. The molecule has 8 nitrogen and oxygen atoms in total. The van der Waals surface area contributed by atoms with E-state index in [-0.39, 0.29) is 17.8 Å². The minimum absolute atomic E-state index is 0.0370. The monoisotopic (exact) mass is 535 g/mol. The van der Waals surface area contributed by atoms with Gasteiger partial charge in [0, 0.05) is 19.2 Å². The zero-order valence-corrected chi connectivity index (χ0v) is 22.2. The van der Waals surface area contributed by atoms with Crippen LogP contribution in [0.5, 0.6) is 11.5 Å². The second kappa shape index (κ2) is 11.7. The van der Waals surface area contributed by atoms with Crippen LogP contribution in [0.1, 0.15) is 40.6 Å². The summed E-state index contributed by atoms with van der Waals surface area (Å²) in [6, 6.07) is 12.1. The predicted octanol–water partition coefficient (Wildman–Crippen LogP) is 5.34. The van der Waals surface area contributed by atoms with Crippen molar-refractivity contribution < 1.29 is 18.7 Å². The maximum atomic E-state index is 14.1. The second-order valence-electron chi connectivity index (χ2n) is 9.07. The topological polar surface area (TPSA) is 97.4 Å². The molecule has 2 aromatic heterocycles. The molecule has 1 saturated heterocycles. The van der Waals surface area contributed by atoms with E-state index in [0.29, 0.717) is 46.7 Å². The standard InChI is InChI=1S/C28H30FN5O3S/c1-3-36-20-9-6-18(7-10-20)14-31-27(35)25-17(2)24-26(32-16-33-28(24)38-25)34-22-11-8-19(29)13-23(22)37-21-5-4-12-30-15-21/h6-11,13,16,21,30H,3-5,12,14-15H2,1-2H3,(H,31,35)(H,32,33,34). The number of hydrogen-bond acceptors (Lipinski definition) is 8. The molecule has 1 aliphatic rings. The Morgan fingerprint density at radius 2 is 2.05 bits per heavy atom. The number of piperidine rings is 1. The number of anilines is 2. The van der Waals surface area contributed by atoms with Gasteiger partial charge in [-0.05, 0) is 68.6 Å². The average molecular weight is 536 g/mol. The Morgan fingerprint density at radius 1 is 1.21 bits per heavy atom. The Balaban J connectivity index is 1.35. The molecule has 1 fully saturated rings. The highest BCUT2D eigenvalue weighted by Crippen LogP contribution is 2.37. The number of benzene rings is 2. The van der Waals surface area contributed by atoms with Crippen molar-refractivity contribution in [3.63, 3.8) is 0 Å². The number of amides is 1. The number of halogens is 1. The Hall–Kier alpha value is -3.76. The molecule has 1 aliphatic heterocycles. The van der Waals surface area contributed by atoms with Crippen LogP contribution in [0.15, 0.2) is 48.8 Å². The second-order valence-corrected chi connectivity index (χ2v) is 10.1. The first kappa shape index (κ1) is 25.9. The summed E-state index contributed by atoms with van der Waals surface area (Å²) >= 11 is 1.31. The first-order valence-electron chi connectivity index (χ1n) is 12.7. The van der Waals surface area contributed by atoms with Crippen LogP contribution in [0.4, 0.5) is 15.9 Å². The Bertz CT molecular complexity index is 1420. The van der Waals surface area contributed by atoms with Crippen LogP contribution >= 0.6 is 11.3 Å². The maximum absolute atomic E-state index is 14.1. The highest BCUT2D eigenvalue weighted by atomic mass is 32.1. The molecule has 0 aliphatic carbocycles. The molecule has 3 heterocycles. The molecule has 1 amide bonds. The van der Waals surface area contributed by atoms with E-state index < -0.39 is 0 Å². The average Bonchev–Trinajstić information content (AvgIpc) is 3.27. The van der Waals surface area contributed by atoms with E-state index in [1.807, 2.05) is 38.1 Å². The molecule has 1 atom stereocenters. The molecule has 1 unspecified atom stereocenters. The fraction of sp³-hybridized carbons (Fsp3) is 0.321. The lowest BCUT2D eigenvalue weighted by molar-refractivity contribution is 0.0954. The molecule has 4 aromatic rings. The van der Waals surface area contributed by atoms with Crippen LogP contribution in [0.25, 0.3) is 10.2 Å². The van der Waals surface area contributed by atoms with Crippen molar-refractivity contribution in [1.82, 2.24) is 20.6 Å². The molecule has 0 saturated carbocycles. The highest BCUT2D eigenvalue weighted by Gasteiger charge is 2.21. The quantitative estimate of drug-likeness (QED) is 0.266. The molecule has 5 rings (SSSR count). The van der Waals surface area contributed by atoms with Crippen molar-refractivity contribution in [2.75, 3.05) is 25.0 Å². The third kappa shape index (κ3) is 5.87. The molecule has 0 spiro atoms. The van der Waals surface area contributed by atoms with E-state index in [2.05, 4.69) is 25.9 Å². The lowest BCUT2D eigenvalue weighted by Crippen LogP contribution is -2.37. The first-order valence-corrected chi connectivity index (χ1v) is 13.5. The lowest BCUT2D eigenvalue weighted by Gasteiger charge is -2.25. The number of aryl methyl sites for hydroxylation is 1. The van der Waals surface area contributed by atoms with Crippen molar-refractivity contribution in [2.45, 2.75) is 39.3 Å². The van der Waals surface area contributed by atoms with Gasteiger partial charge in [0.2, 0.25) is 0 Å². The van der Waals surface area contributed by atoms with E-state index in [4.69, 9.17) is 9.47 Å². The van der Waals surface area contributed by atoms with E-state index in [1.165, 1.54) is 29.8 Å². The number of carbonyl (C=O) groups is 1. The Morgan fingerprint density at radius 3 is 2.82 bits per heavy atom. The zero-order chi connectivity index (χ0) is 26.5. The molecule has 10 heteroatoms. The predicted molar refractivity (Wildman–Crippen MR) is 147 cm³/mol. The molecule has 198 valence electrons. The van der Waals surface area contributed by atoms with Gasteiger partial charge in [0.25, 0.3) is 5.91 Å². The summed E-state index contributed by atoms with van der Waals surface area (Å²) in [6.07, 6.45) is 3.33. The molecular weight excluding hydrogens is 505 g/mol. The fourth-order valence-corrected chi connectivity index (χ4v) is 5.51. The number of nitrogens with zero attached hydrogens (tertiary/aromatic N) is 2. The smallest absolute Gasteiger partial charge is 0.261 e. The fourth-order valence-electron chi connectivity index (χ4n) is 4.44. The Labute approximate surface area is 224 Å². The van der Waals surface area contributed by atoms with Crippen molar-refractivity contribution >= 4 is 39.0 Å². The van der Waals surface area contributed by atoms with Crippen molar-refractivity contribution in [1.29, 1.82) is 0 Å². The number of aromatic nitrogens is 2. The third-order valence-electron chi connectivity index (χ3n) is 6.36. The van der Waals surface area contributed by atoms with Gasteiger partial charge in [0.1, 0.15) is 40.4 Å². The number of hydrogen-bond donors (Lipinski definition) is 3. The number of rotatable bonds is 9. The Kier molecular flexibility index (Phi) is 8.00. The molecule has 0 bridgehead atoms. The number of ether oxygens (including phenoxy) is 2. The van der Waals surface area contributed by atoms with Crippen LogP contribution in [-0.2, 0) is 6.54 Å². The largest absolute Gasteiger partial charge is 0.494 e. The van der Waals surface area contributed by atoms with E-state index in [1.54, 1.807) is 6.07 Å². The van der Waals surface area contributed by atoms with Crippen LogP contribution < -0.4 is 25.4 Å².